The second-order valence-electron chi connectivity index (χ2n) is 5.72. The van der Waals surface area contributed by atoms with E-state index in [9.17, 15) is 0 Å². The summed E-state index contributed by atoms with van der Waals surface area (Å²) in [5.41, 5.74) is 10.6. The van der Waals surface area contributed by atoms with Crippen molar-refractivity contribution in [2.75, 3.05) is 19.0 Å². The Labute approximate surface area is 138 Å². The fourth-order valence-corrected chi connectivity index (χ4v) is 2.54. The number of rotatable bonds is 6. The number of methoxy groups -OCH3 is 1. The molecule has 0 unspecified atom stereocenters. The highest BCUT2D eigenvalue weighted by Gasteiger charge is 1.99. The van der Waals surface area contributed by atoms with Gasteiger partial charge in [0.2, 0.25) is 0 Å². The molecule has 0 aromatic heterocycles. The zero-order valence-corrected chi connectivity index (χ0v) is 14.1. The standard InChI is InChI=1S/C19H25N3O/c1-14-10-15(2)12-17(11-14)22-19(20)21-9-5-7-16-6-4-8-18(13-16)23-3/h4,6,8,10-13H,5,7,9H2,1-3H3,(H3,20,21,22). The lowest BCUT2D eigenvalue weighted by atomic mass is 10.1. The maximum absolute atomic E-state index is 5.95. The number of benzene rings is 2. The zero-order valence-electron chi connectivity index (χ0n) is 14.1. The summed E-state index contributed by atoms with van der Waals surface area (Å²) in [6, 6.07) is 14.4. The van der Waals surface area contributed by atoms with Gasteiger partial charge in [-0.2, -0.15) is 0 Å². The minimum Gasteiger partial charge on any atom is -0.497 e. The van der Waals surface area contributed by atoms with Gasteiger partial charge in [0, 0.05) is 12.2 Å². The molecule has 0 aliphatic heterocycles. The van der Waals surface area contributed by atoms with Crippen LogP contribution in [0.4, 0.5) is 5.69 Å². The summed E-state index contributed by atoms with van der Waals surface area (Å²) in [6.45, 7) is 4.83. The van der Waals surface area contributed by atoms with E-state index in [-0.39, 0.29) is 0 Å². The number of ether oxygens (including phenoxy) is 1. The first-order valence-electron chi connectivity index (χ1n) is 7.85. The third-order valence-electron chi connectivity index (χ3n) is 3.53. The Morgan fingerprint density at radius 3 is 2.57 bits per heavy atom. The van der Waals surface area contributed by atoms with E-state index in [0.29, 0.717) is 12.5 Å². The predicted molar refractivity (Wildman–Crippen MR) is 97.3 cm³/mol. The molecule has 4 nitrogen and oxygen atoms in total. The van der Waals surface area contributed by atoms with Crippen molar-refractivity contribution in [3.05, 3.63) is 59.2 Å². The quantitative estimate of drug-likeness (QED) is 0.486. The minimum absolute atomic E-state index is 0.459. The van der Waals surface area contributed by atoms with Crippen LogP contribution < -0.4 is 15.8 Å². The molecule has 0 heterocycles. The van der Waals surface area contributed by atoms with Crippen LogP contribution >= 0.6 is 0 Å². The van der Waals surface area contributed by atoms with Crippen molar-refractivity contribution in [3.63, 3.8) is 0 Å². The molecule has 4 heteroatoms. The summed E-state index contributed by atoms with van der Waals surface area (Å²) in [4.78, 5) is 4.39. The molecular formula is C19H25N3O. The Morgan fingerprint density at radius 1 is 1.13 bits per heavy atom. The molecule has 2 aromatic rings. The highest BCUT2D eigenvalue weighted by molar-refractivity contribution is 5.92. The van der Waals surface area contributed by atoms with Gasteiger partial charge in [-0.3, -0.25) is 4.99 Å². The Hall–Kier alpha value is -2.49. The van der Waals surface area contributed by atoms with E-state index in [0.717, 1.165) is 24.3 Å². The fourth-order valence-electron chi connectivity index (χ4n) is 2.54. The minimum atomic E-state index is 0.459. The predicted octanol–water partition coefficient (Wildman–Crippen LogP) is 3.67. The first kappa shape index (κ1) is 16.9. The van der Waals surface area contributed by atoms with E-state index in [4.69, 9.17) is 10.5 Å². The average molecular weight is 311 g/mol. The molecule has 0 aliphatic carbocycles. The summed E-state index contributed by atoms with van der Waals surface area (Å²) >= 11 is 0. The van der Waals surface area contributed by atoms with E-state index in [1.807, 2.05) is 12.1 Å². The van der Waals surface area contributed by atoms with Gasteiger partial charge in [-0.25, -0.2) is 0 Å². The summed E-state index contributed by atoms with van der Waals surface area (Å²) in [5, 5.41) is 3.15. The molecule has 0 saturated carbocycles. The Kier molecular flexibility index (Phi) is 6.03. The van der Waals surface area contributed by atoms with Gasteiger partial charge < -0.3 is 15.8 Å². The van der Waals surface area contributed by atoms with E-state index in [1.54, 1.807) is 7.11 Å². The van der Waals surface area contributed by atoms with Gasteiger partial charge in [0.15, 0.2) is 5.96 Å². The average Bonchev–Trinajstić information content (AvgIpc) is 2.51. The van der Waals surface area contributed by atoms with E-state index in [1.165, 1.54) is 16.7 Å². The van der Waals surface area contributed by atoms with Crippen LogP contribution in [0.1, 0.15) is 23.1 Å². The number of guanidine groups is 1. The molecule has 0 aliphatic rings. The van der Waals surface area contributed by atoms with Crippen LogP contribution in [0.3, 0.4) is 0 Å². The molecule has 2 aromatic carbocycles. The SMILES string of the molecule is COc1cccc(CCCN=C(N)Nc2cc(C)cc(C)c2)c1. The van der Waals surface area contributed by atoms with E-state index < -0.39 is 0 Å². The Balaban J connectivity index is 1.82. The van der Waals surface area contributed by atoms with Crippen molar-refractivity contribution in [2.24, 2.45) is 10.7 Å². The fraction of sp³-hybridized carbons (Fsp3) is 0.316. The first-order chi connectivity index (χ1) is 11.1. The third kappa shape index (κ3) is 5.66. The number of nitrogens with one attached hydrogen (secondary N) is 1. The maximum Gasteiger partial charge on any atom is 0.193 e. The largest absolute Gasteiger partial charge is 0.497 e. The lowest BCUT2D eigenvalue weighted by Gasteiger charge is -2.08. The highest BCUT2D eigenvalue weighted by atomic mass is 16.5. The topological polar surface area (TPSA) is 59.6 Å². The van der Waals surface area contributed by atoms with Crippen molar-refractivity contribution in [1.29, 1.82) is 0 Å². The number of aryl methyl sites for hydroxylation is 3. The van der Waals surface area contributed by atoms with Gasteiger partial charge in [-0.15, -0.1) is 0 Å². The third-order valence-corrected chi connectivity index (χ3v) is 3.53. The molecule has 0 saturated heterocycles. The Morgan fingerprint density at radius 2 is 1.87 bits per heavy atom. The van der Waals surface area contributed by atoms with Crippen molar-refractivity contribution < 1.29 is 4.74 Å². The second kappa shape index (κ2) is 8.22. The molecule has 0 atom stereocenters. The van der Waals surface area contributed by atoms with Gasteiger partial charge in [-0.05, 0) is 67.6 Å². The Bertz CT molecular complexity index is 660. The second-order valence-corrected chi connectivity index (χ2v) is 5.72. The van der Waals surface area contributed by atoms with Crippen molar-refractivity contribution >= 4 is 11.6 Å². The number of anilines is 1. The van der Waals surface area contributed by atoms with E-state index in [2.05, 4.69) is 54.5 Å². The maximum atomic E-state index is 5.95. The van der Waals surface area contributed by atoms with Crippen LogP contribution in [0.5, 0.6) is 5.75 Å². The summed E-state index contributed by atoms with van der Waals surface area (Å²) < 4.78 is 5.23. The lowest BCUT2D eigenvalue weighted by molar-refractivity contribution is 0.414. The number of aliphatic imine (C=N–C) groups is 1. The zero-order chi connectivity index (χ0) is 16.7. The van der Waals surface area contributed by atoms with E-state index >= 15 is 0 Å². The van der Waals surface area contributed by atoms with Crippen molar-refractivity contribution in [3.8, 4) is 5.75 Å². The molecule has 2 rings (SSSR count). The number of hydrogen-bond acceptors (Lipinski definition) is 2. The molecule has 0 amide bonds. The van der Waals surface area contributed by atoms with Crippen molar-refractivity contribution in [1.82, 2.24) is 0 Å². The van der Waals surface area contributed by atoms with Crippen LogP contribution in [-0.2, 0) is 6.42 Å². The van der Waals surface area contributed by atoms with Gasteiger partial charge in [0.25, 0.3) is 0 Å². The monoisotopic (exact) mass is 311 g/mol. The number of nitrogens with zero attached hydrogens (tertiary/aromatic N) is 1. The molecule has 23 heavy (non-hydrogen) atoms. The highest BCUT2D eigenvalue weighted by Crippen LogP contribution is 2.14. The molecular weight excluding hydrogens is 286 g/mol. The van der Waals surface area contributed by atoms with Crippen LogP contribution in [0.15, 0.2) is 47.5 Å². The van der Waals surface area contributed by atoms with Gasteiger partial charge in [0.1, 0.15) is 5.75 Å². The lowest BCUT2D eigenvalue weighted by Crippen LogP contribution is -2.23. The molecule has 122 valence electrons. The molecule has 0 spiro atoms. The summed E-state index contributed by atoms with van der Waals surface area (Å²) in [5.74, 6) is 1.35. The molecule has 0 bridgehead atoms. The number of nitrogens with two attached hydrogens (primary N) is 1. The van der Waals surface area contributed by atoms with Gasteiger partial charge in [0.05, 0.1) is 7.11 Å². The summed E-state index contributed by atoms with van der Waals surface area (Å²) in [7, 11) is 1.68. The first-order valence-corrected chi connectivity index (χ1v) is 7.85. The normalized spacial score (nSPS) is 11.3. The van der Waals surface area contributed by atoms with Crippen LogP contribution in [0.25, 0.3) is 0 Å². The molecule has 3 N–H and O–H groups in total. The van der Waals surface area contributed by atoms with Gasteiger partial charge in [-0.1, -0.05) is 18.2 Å². The molecule has 0 radical (unpaired) electrons. The smallest absolute Gasteiger partial charge is 0.193 e. The summed E-state index contributed by atoms with van der Waals surface area (Å²) in [6.07, 6.45) is 1.90. The van der Waals surface area contributed by atoms with Crippen LogP contribution in [0.2, 0.25) is 0 Å². The number of hydrogen-bond donors (Lipinski definition) is 2. The molecule has 0 fully saturated rings. The van der Waals surface area contributed by atoms with Crippen LogP contribution in [-0.4, -0.2) is 19.6 Å². The van der Waals surface area contributed by atoms with Gasteiger partial charge >= 0.3 is 0 Å². The van der Waals surface area contributed by atoms with Crippen molar-refractivity contribution in [2.45, 2.75) is 26.7 Å². The van der Waals surface area contributed by atoms with Crippen LogP contribution in [0, 0.1) is 13.8 Å².